The molecule has 1 fully saturated rings. The molecule has 1 nitrogen and oxygen atoms in total. The fourth-order valence-corrected chi connectivity index (χ4v) is 3.05. The van der Waals surface area contributed by atoms with E-state index in [-0.39, 0.29) is 0 Å². The number of hydrogen-bond acceptors (Lipinski definition) is 2. The summed E-state index contributed by atoms with van der Waals surface area (Å²) in [4.78, 5) is 1.46. The second-order valence-corrected chi connectivity index (χ2v) is 5.14. The van der Waals surface area contributed by atoms with Gasteiger partial charge in [-0.15, -0.1) is 11.8 Å². The van der Waals surface area contributed by atoms with E-state index in [2.05, 4.69) is 36.7 Å². The summed E-state index contributed by atoms with van der Waals surface area (Å²) in [6.07, 6.45) is 4.82. The second kappa shape index (κ2) is 5.04. The Morgan fingerprint density at radius 1 is 1.40 bits per heavy atom. The number of benzene rings is 1. The molecule has 0 bridgehead atoms. The van der Waals surface area contributed by atoms with Crippen molar-refractivity contribution in [3.63, 3.8) is 0 Å². The van der Waals surface area contributed by atoms with Crippen LogP contribution in [0, 0.1) is 6.92 Å². The standard InChI is InChI=1S/C13H19NS/c1-10-5-6-12(13(8-10)15-2)11-4-3-7-14-9-11/h5-6,8,11,14H,3-4,7,9H2,1-2H3. The third kappa shape index (κ3) is 2.56. The quantitative estimate of drug-likeness (QED) is 0.770. The molecule has 1 atom stereocenters. The summed E-state index contributed by atoms with van der Waals surface area (Å²) >= 11 is 1.88. The maximum atomic E-state index is 3.49. The lowest BCUT2D eigenvalue weighted by atomic mass is 9.91. The lowest BCUT2D eigenvalue weighted by Gasteiger charge is -2.25. The third-order valence-electron chi connectivity index (χ3n) is 3.13. The molecule has 1 unspecified atom stereocenters. The summed E-state index contributed by atoms with van der Waals surface area (Å²) in [5.41, 5.74) is 2.91. The first-order chi connectivity index (χ1) is 7.31. The van der Waals surface area contributed by atoms with Gasteiger partial charge in [0.1, 0.15) is 0 Å². The minimum atomic E-state index is 0.724. The van der Waals surface area contributed by atoms with Crippen LogP contribution in [0.3, 0.4) is 0 Å². The molecule has 0 saturated carbocycles. The molecule has 1 aromatic carbocycles. The molecule has 1 N–H and O–H groups in total. The lowest BCUT2D eigenvalue weighted by Crippen LogP contribution is -2.28. The van der Waals surface area contributed by atoms with E-state index >= 15 is 0 Å². The Balaban J connectivity index is 2.25. The summed E-state index contributed by atoms with van der Waals surface area (Å²) in [5, 5.41) is 3.49. The van der Waals surface area contributed by atoms with Crippen LogP contribution < -0.4 is 5.32 Å². The van der Waals surface area contributed by atoms with Gasteiger partial charge >= 0.3 is 0 Å². The van der Waals surface area contributed by atoms with E-state index in [0.717, 1.165) is 12.5 Å². The Labute approximate surface area is 96.7 Å². The molecule has 82 valence electrons. The van der Waals surface area contributed by atoms with Crippen molar-refractivity contribution in [2.45, 2.75) is 30.6 Å². The van der Waals surface area contributed by atoms with Gasteiger partial charge < -0.3 is 5.32 Å². The van der Waals surface area contributed by atoms with E-state index < -0.39 is 0 Å². The number of piperidine rings is 1. The molecule has 1 aromatic rings. The predicted octanol–water partition coefficient (Wildman–Crippen LogP) is 3.18. The van der Waals surface area contributed by atoms with Gasteiger partial charge in [-0.3, -0.25) is 0 Å². The van der Waals surface area contributed by atoms with Crippen molar-refractivity contribution in [3.05, 3.63) is 29.3 Å². The van der Waals surface area contributed by atoms with Crippen molar-refractivity contribution in [2.24, 2.45) is 0 Å². The highest BCUT2D eigenvalue weighted by Gasteiger charge is 2.17. The molecule has 15 heavy (non-hydrogen) atoms. The summed E-state index contributed by atoms with van der Waals surface area (Å²) < 4.78 is 0. The minimum absolute atomic E-state index is 0.724. The smallest absolute Gasteiger partial charge is 0.0107 e. The maximum absolute atomic E-state index is 3.49. The van der Waals surface area contributed by atoms with Crippen molar-refractivity contribution in [2.75, 3.05) is 19.3 Å². The van der Waals surface area contributed by atoms with E-state index in [1.165, 1.54) is 29.8 Å². The van der Waals surface area contributed by atoms with Crippen LogP contribution in [0.2, 0.25) is 0 Å². The molecule has 1 aliphatic rings. The highest BCUT2D eigenvalue weighted by atomic mass is 32.2. The Hall–Kier alpha value is -0.470. The number of rotatable bonds is 2. The van der Waals surface area contributed by atoms with Gasteiger partial charge in [0, 0.05) is 11.4 Å². The predicted molar refractivity (Wildman–Crippen MR) is 67.8 cm³/mol. The van der Waals surface area contributed by atoms with Gasteiger partial charge in [-0.1, -0.05) is 17.7 Å². The van der Waals surface area contributed by atoms with Gasteiger partial charge in [-0.05, 0) is 50.1 Å². The molecule has 0 aliphatic carbocycles. The summed E-state index contributed by atoms with van der Waals surface area (Å²) in [5.74, 6) is 0.724. The normalized spacial score (nSPS) is 21.6. The van der Waals surface area contributed by atoms with Crippen LogP contribution in [0.1, 0.15) is 29.9 Å². The van der Waals surface area contributed by atoms with Crippen LogP contribution in [0.15, 0.2) is 23.1 Å². The van der Waals surface area contributed by atoms with Crippen LogP contribution in [-0.4, -0.2) is 19.3 Å². The molecule has 0 aromatic heterocycles. The fraction of sp³-hybridized carbons (Fsp3) is 0.538. The number of thioether (sulfide) groups is 1. The third-order valence-corrected chi connectivity index (χ3v) is 3.92. The Morgan fingerprint density at radius 3 is 2.93 bits per heavy atom. The SMILES string of the molecule is CSc1cc(C)ccc1C1CCCNC1. The van der Waals surface area contributed by atoms with Gasteiger partial charge in [0.15, 0.2) is 0 Å². The van der Waals surface area contributed by atoms with Gasteiger partial charge in [-0.2, -0.15) is 0 Å². The van der Waals surface area contributed by atoms with Crippen LogP contribution in [0.25, 0.3) is 0 Å². The van der Waals surface area contributed by atoms with Gasteiger partial charge in [0.05, 0.1) is 0 Å². The zero-order valence-corrected chi connectivity index (χ0v) is 10.4. The average molecular weight is 221 g/mol. The molecule has 2 heteroatoms. The van der Waals surface area contributed by atoms with Crippen LogP contribution >= 0.6 is 11.8 Å². The van der Waals surface area contributed by atoms with Crippen molar-refractivity contribution in [3.8, 4) is 0 Å². The van der Waals surface area contributed by atoms with Crippen molar-refractivity contribution >= 4 is 11.8 Å². The molecule has 1 aliphatic heterocycles. The fourth-order valence-electron chi connectivity index (χ4n) is 2.27. The van der Waals surface area contributed by atoms with E-state index in [9.17, 15) is 0 Å². The highest BCUT2D eigenvalue weighted by molar-refractivity contribution is 7.98. The first-order valence-electron chi connectivity index (χ1n) is 5.66. The molecule has 0 spiro atoms. The lowest BCUT2D eigenvalue weighted by molar-refractivity contribution is 0.457. The molecular weight excluding hydrogens is 202 g/mol. The number of hydrogen-bond donors (Lipinski definition) is 1. The Morgan fingerprint density at radius 2 is 2.27 bits per heavy atom. The van der Waals surface area contributed by atoms with Crippen molar-refractivity contribution in [1.29, 1.82) is 0 Å². The summed E-state index contributed by atoms with van der Waals surface area (Å²) in [6, 6.07) is 6.87. The first-order valence-corrected chi connectivity index (χ1v) is 6.89. The Kier molecular flexibility index (Phi) is 3.71. The van der Waals surface area contributed by atoms with Crippen LogP contribution in [0.5, 0.6) is 0 Å². The van der Waals surface area contributed by atoms with Gasteiger partial charge in [0.25, 0.3) is 0 Å². The summed E-state index contributed by atoms with van der Waals surface area (Å²) in [7, 11) is 0. The van der Waals surface area contributed by atoms with Crippen LogP contribution in [-0.2, 0) is 0 Å². The molecular formula is C13H19NS. The van der Waals surface area contributed by atoms with E-state index in [1.54, 1.807) is 5.56 Å². The highest BCUT2D eigenvalue weighted by Crippen LogP contribution is 2.31. The molecule has 0 amide bonds. The van der Waals surface area contributed by atoms with Gasteiger partial charge in [0.2, 0.25) is 0 Å². The second-order valence-electron chi connectivity index (χ2n) is 4.29. The molecule has 0 radical (unpaired) electrons. The summed E-state index contributed by atoms with van der Waals surface area (Å²) in [6.45, 7) is 4.51. The van der Waals surface area contributed by atoms with Gasteiger partial charge in [-0.25, -0.2) is 0 Å². The molecule has 1 saturated heterocycles. The number of aryl methyl sites for hydroxylation is 1. The van der Waals surface area contributed by atoms with E-state index in [4.69, 9.17) is 0 Å². The molecule has 2 rings (SSSR count). The van der Waals surface area contributed by atoms with Crippen LogP contribution in [0.4, 0.5) is 0 Å². The first kappa shape index (κ1) is 11.0. The monoisotopic (exact) mass is 221 g/mol. The molecule has 1 heterocycles. The largest absolute Gasteiger partial charge is 0.316 e. The topological polar surface area (TPSA) is 12.0 Å². The average Bonchev–Trinajstić information content (AvgIpc) is 2.30. The zero-order chi connectivity index (χ0) is 10.7. The van der Waals surface area contributed by atoms with E-state index in [0.29, 0.717) is 0 Å². The Bertz CT molecular complexity index is 329. The van der Waals surface area contributed by atoms with Crippen molar-refractivity contribution < 1.29 is 0 Å². The van der Waals surface area contributed by atoms with E-state index in [1.807, 2.05) is 11.8 Å². The maximum Gasteiger partial charge on any atom is 0.0107 e. The zero-order valence-electron chi connectivity index (χ0n) is 9.55. The number of nitrogens with one attached hydrogen (secondary N) is 1. The van der Waals surface area contributed by atoms with Crippen molar-refractivity contribution in [1.82, 2.24) is 5.32 Å². The minimum Gasteiger partial charge on any atom is -0.316 e.